The number of nitrogens with one attached hydrogen (secondary N) is 2. The first-order chi connectivity index (χ1) is 13.3. The number of likely N-dealkylation sites (N-methyl/N-ethyl adjacent to an activating group) is 2. The highest BCUT2D eigenvalue weighted by Gasteiger charge is 2.48. The predicted molar refractivity (Wildman–Crippen MR) is 116 cm³/mol. The van der Waals surface area contributed by atoms with Crippen LogP contribution in [0.2, 0.25) is 0 Å². The van der Waals surface area contributed by atoms with Gasteiger partial charge in [0.15, 0.2) is 0 Å². The molecule has 0 bridgehead atoms. The van der Waals surface area contributed by atoms with Crippen molar-refractivity contribution < 1.29 is 4.79 Å². The van der Waals surface area contributed by atoms with Crippen LogP contribution in [0, 0.1) is 22.7 Å². The first kappa shape index (κ1) is 22.9. The molecule has 2 aliphatic rings. The van der Waals surface area contributed by atoms with Crippen molar-refractivity contribution in [1.29, 1.82) is 5.41 Å². The number of hydrogen-bond donors (Lipinski definition) is 3. The molecule has 6 heteroatoms. The molecule has 160 valence electrons. The quantitative estimate of drug-likeness (QED) is 0.499. The molecule has 2 rings (SSSR count). The molecule has 28 heavy (non-hydrogen) atoms. The van der Waals surface area contributed by atoms with E-state index >= 15 is 0 Å². The number of rotatable bonds is 10. The lowest BCUT2D eigenvalue weighted by Gasteiger charge is -2.36. The molecule has 0 aromatic heterocycles. The first-order valence-electron chi connectivity index (χ1n) is 10.9. The second kappa shape index (κ2) is 10.4. The van der Waals surface area contributed by atoms with E-state index in [0.717, 1.165) is 76.0 Å². The highest BCUT2D eigenvalue weighted by molar-refractivity contribution is 5.85. The fraction of sp³-hybridized carbons (Fsp3) is 0.818. The van der Waals surface area contributed by atoms with Crippen LogP contribution >= 0.6 is 0 Å². The Labute approximate surface area is 171 Å². The molecule has 1 amide bonds. The molecule has 4 N–H and O–H groups in total. The van der Waals surface area contributed by atoms with E-state index in [9.17, 15) is 4.79 Å². The molecule has 0 aromatic rings. The van der Waals surface area contributed by atoms with E-state index in [1.54, 1.807) is 0 Å². The van der Waals surface area contributed by atoms with Crippen molar-refractivity contribution in [3.05, 3.63) is 11.3 Å². The maximum absolute atomic E-state index is 13.0. The van der Waals surface area contributed by atoms with Crippen LogP contribution in [-0.2, 0) is 4.79 Å². The molecule has 2 fully saturated rings. The lowest BCUT2D eigenvalue weighted by atomic mass is 9.68. The molecule has 0 aromatic carbocycles. The van der Waals surface area contributed by atoms with Crippen molar-refractivity contribution in [3.8, 4) is 0 Å². The SMILES string of the molecule is CNCCN(C)CC(C=N)=C(N)C1CCC2(CC1)CCN(CCC(C)C)C2=O. The van der Waals surface area contributed by atoms with Crippen molar-refractivity contribution in [2.45, 2.75) is 52.4 Å². The van der Waals surface area contributed by atoms with Gasteiger partial charge in [0, 0.05) is 50.2 Å². The number of carbonyl (C=O) groups excluding carboxylic acids is 1. The lowest BCUT2D eigenvalue weighted by Crippen LogP contribution is -2.39. The lowest BCUT2D eigenvalue weighted by molar-refractivity contribution is -0.138. The Kier molecular flexibility index (Phi) is 8.50. The monoisotopic (exact) mass is 391 g/mol. The summed E-state index contributed by atoms with van der Waals surface area (Å²) in [5.41, 5.74) is 8.16. The zero-order valence-electron chi connectivity index (χ0n) is 18.4. The van der Waals surface area contributed by atoms with Crippen LogP contribution in [-0.4, -0.2) is 68.7 Å². The van der Waals surface area contributed by atoms with Gasteiger partial charge in [-0.2, -0.15) is 0 Å². The van der Waals surface area contributed by atoms with E-state index in [0.29, 0.717) is 24.3 Å². The van der Waals surface area contributed by atoms with Crippen molar-refractivity contribution >= 4 is 12.1 Å². The van der Waals surface area contributed by atoms with E-state index in [-0.39, 0.29) is 5.41 Å². The van der Waals surface area contributed by atoms with E-state index in [2.05, 4.69) is 36.0 Å². The summed E-state index contributed by atoms with van der Waals surface area (Å²) in [5, 5.41) is 11.0. The van der Waals surface area contributed by atoms with E-state index in [1.165, 1.54) is 6.21 Å². The molecule has 0 unspecified atom stereocenters. The molecular formula is C22H41N5O. The molecule has 1 heterocycles. The van der Waals surface area contributed by atoms with Crippen molar-refractivity contribution in [3.63, 3.8) is 0 Å². The van der Waals surface area contributed by atoms with Gasteiger partial charge in [-0.3, -0.25) is 4.79 Å². The Morgan fingerprint density at radius 3 is 2.64 bits per heavy atom. The number of allylic oxidation sites excluding steroid dienone is 1. The predicted octanol–water partition coefficient (Wildman–Crippen LogP) is 2.45. The number of hydrogen-bond acceptors (Lipinski definition) is 5. The van der Waals surface area contributed by atoms with Gasteiger partial charge in [0.05, 0.1) is 5.41 Å². The van der Waals surface area contributed by atoms with Gasteiger partial charge in [0.25, 0.3) is 0 Å². The molecule has 1 aliphatic carbocycles. The van der Waals surface area contributed by atoms with Crippen LogP contribution in [0.1, 0.15) is 52.4 Å². The van der Waals surface area contributed by atoms with Crippen molar-refractivity contribution in [2.24, 2.45) is 23.0 Å². The molecular weight excluding hydrogens is 350 g/mol. The zero-order chi connectivity index (χ0) is 20.7. The normalized spacial score (nSPS) is 26.4. The Morgan fingerprint density at radius 1 is 1.39 bits per heavy atom. The van der Waals surface area contributed by atoms with Crippen LogP contribution in [0.4, 0.5) is 0 Å². The molecule has 0 radical (unpaired) electrons. The molecule has 1 saturated carbocycles. The van der Waals surface area contributed by atoms with Gasteiger partial charge in [-0.15, -0.1) is 0 Å². The number of amides is 1. The van der Waals surface area contributed by atoms with Crippen LogP contribution in [0.5, 0.6) is 0 Å². The zero-order valence-corrected chi connectivity index (χ0v) is 18.4. The maximum Gasteiger partial charge on any atom is 0.228 e. The summed E-state index contributed by atoms with van der Waals surface area (Å²) in [6, 6.07) is 0. The molecule has 0 atom stereocenters. The molecule has 1 aliphatic heterocycles. The summed E-state index contributed by atoms with van der Waals surface area (Å²) in [6.45, 7) is 8.81. The summed E-state index contributed by atoms with van der Waals surface area (Å²) < 4.78 is 0. The van der Waals surface area contributed by atoms with Gasteiger partial charge < -0.3 is 26.3 Å². The van der Waals surface area contributed by atoms with E-state index in [1.807, 2.05) is 7.05 Å². The minimum absolute atomic E-state index is 0.137. The average molecular weight is 392 g/mol. The highest BCUT2D eigenvalue weighted by atomic mass is 16.2. The summed E-state index contributed by atoms with van der Waals surface area (Å²) >= 11 is 0. The van der Waals surface area contributed by atoms with Gasteiger partial charge in [-0.25, -0.2) is 0 Å². The minimum Gasteiger partial charge on any atom is -0.402 e. The Morgan fingerprint density at radius 2 is 2.07 bits per heavy atom. The Hall–Kier alpha value is -1.40. The number of likely N-dealkylation sites (tertiary alicyclic amines) is 1. The fourth-order valence-electron chi connectivity index (χ4n) is 4.62. The van der Waals surface area contributed by atoms with Gasteiger partial charge >= 0.3 is 0 Å². The number of nitrogens with zero attached hydrogens (tertiary/aromatic N) is 2. The Balaban J connectivity index is 1.94. The van der Waals surface area contributed by atoms with Crippen LogP contribution in [0.3, 0.4) is 0 Å². The van der Waals surface area contributed by atoms with E-state index in [4.69, 9.17) is 11.1 Å². The number of carbonyl (C=O) groups is 1. The summed E-state index contributed by atoms with van der Waals surface area (Å²) in [4.78, 5) is 17.3. The van der Waals surface area contributed by atoms with Crippen LogP contribution in [0.25, 0.3) is 0 Å². The van der Waals surface area contributed by atoms with E-state index < -0.39 is 0 Å². The smallest absolute Gasteiger partial charge is 0.228 e. The summed E-state index contributed by atoms with van der Waals surface area (Å²) in [6.07, 6.45) is 7.32. The summed E-state index contributed by atoms with van der Waals surface area (Å²) in [5.74, 6) is 1.32. The highest BCUT2D eigenvalue weighted by Crippen LogP contribution is 2.47. The maximum atomic E-state index is 13.0. The van der Waals surface area contributed by atoms with Crippen LogP contribution < -0.4 is 11.1 Å². The van der Waals surface area contributed by atoms with Crippen molar-refractivity contribution in [2.75, 3.05) is 46.8 Å². The third-order valence-electron chi connectivity index (χ3n) is 6.69. The largest absolute Gasteiger partial charge is 0.402 e. The first-order valence-corrected chi connectivity index (χ1v) is 10.9. The topological polar surface area (TPSA) is 85.4 Å². The van der Waals surface area contributed by atoms with Gasteiger partial charge in [0.1, 0.15) is 0 Å². The standard InChI is InChI=1S/C22H41N5O/c1-17(2)7-12-27-13-10-22(21(27)28)8-5-18(6-9-22)20(24)19(15-23)16-26(4)14-11-25-3/h15,17-18,23,25H,5-14,16,24H2,1-4H3. The number of nitrogens with two attached hydrogens (primary N) is 1. The Bertz CT molecular complexity index is 563. The molecule has 1 saturated heterocycles. The third-order valence-corrected chi connectivity index (χ3v) is 6.69. The average Bonchev–Trinajstić information content (AvgIpc) is 2.98. The van der Waals surface area contributed by atoms with Crippen LogP contribution in [0.15, 0.2) is 11.3 Å². The minimum atomic E-state index is -0.137. The van der Waals surface area contributed by atoms with Gasteiger partial charge in [0.2, 0.25) is 5.91 Å². The molecule has 6 nitrogen and oxygen atoms in total. The second-order valence-electron chi connectivity index (χ2n) is 9.25. The fourth-order valence-corrected chi connectivity index (χ4v) is 4.62. The summed E-state index contributed by atoms with van der Waals surface area (Å²) in [7, 11) is 4.01. The third kappa shape index (κ3) is 5.57. The van der Waals surface area contributed by atoms with Crippen molar-refractivity contribution in [1.82, 2.24) is 15.1 Å². The van der Waals surface area contributed by atoms with Gasteiger partial charge in [-0.05, 0) is 64.5 Å². The molecule has 1 spiro atoms. The van der Waals surface area contributed by atoms with Gasteiger partial charge in [-0.1, -0.05) is 13.8 Å². The second-order valence-corrected chi connectivity index (χ2v) is 9.25.